The molecule has 1 heterocycles. The second kappa shape index (κ2) is 7.12. The zero-order valence-corrected chi connectivity index (χ0v) is 13.2. The van der Waals surface area contributed by atoms with Crippen molar-refractivity contribution in [3.8, 4) is 0 Å². The maximum atomic E-state index is 6.00. The molecule has 0 aliphatic heterocycles. The highest BCUT2D eigenvalue weighted by Gasteiger charge is 2.09. The minimum atomic E-state index is 0.749. The minimum absolute atomic E-state index is 0.749. The highest BCUT2D eigenvalue weighted by molar-refractivity contribution is 7.13. The third-order valence-electron chi connectivity index (χ3n) is 3.17. The van der Waals surface area contributed by atoms with Gasteiger partial charge < -0.3 is 0 Å². The third kappa shape index (κ3) is 4.67. The van der Waals surface area contributed by atoms with Crippen molar-refractivity contribution in [3.63, 3.8) is 0 Å². The predicted molar refractivity (Wildman–Crippen MR) is 87.8 cm³/mol. The van der Waals surface area contributed by atoms with E-state index in [0.29, 0.717) is 0 Å². The first kappa shape index (κ1) is 14.6. The Hall–Kier alpha value is -0.790. The van der Waals surface area contributed by atoms with Gasteiger partial charge in [0.15, 0.2) is 0 Å². The Morgan fingerprint density at radius 2 is 2.05 bits per heavy atom. The number of hydrogen-bond acceptors (Lipinski definition) is 1. The van der Waals surface area contributed by atoms with Crippen molar-refractivity contribution in [1.29, 1.82) is 0 Å². The van der Waals surface area contributed by atoms with Crippen molar-refractivity contribution in [3.05, 3.63) is 51.2 Å². The Bertz CT molecular complexity index is 503. The van der Waals surface area contributed by atoms with Crippen molar-refractivity contribution >= 4 is 28.5 Å². The summed E-state index contributed by atoms with van der Waals surface area (Å²) in [5, 5.41) is 0.970. The van der Waals surface area contributed by atoms with E-state index in [1.165, 1.54) is 21.7 Å². The van der Waals surface area contributed by atoms with Crippen LogP contribution in [0.4, 0.5) is 0 Å². The molecule has 1 aromatic rings. The molecule has 0 saturated heterocycles. The Balaban J connectivity index is 1.94. The molecule has 1 aromatic heterocycles. The summed E-state index contributed by atoms with van der Waals surface area (Å²) in [7, 11) is 0. The molecular weight excluding hydrogens is 272 g/mol. The average molecular weight is 293 g/mol. The van der Waals surface area contributed by atoms with Gasteiger partial charge in [0, 0.05) is 14.8 Å². The van der Waals surface area contributed by atoms with Crippen molar-refractivity contribution in [2.45, 2.75) is 39.5 Å². The molecule has 0 unspecified atom stereocenters. The van der Waals surface area contributed by atoms with Crippen LogP contribution in [-0.4, -0.2) is 0 Å². The maximum absolute atomic E-state index is 6.00. The van der Waals surface area contributed by atoms with Crippen LogP contribution < -0.4 is 0 Å². The smallest absolute Gasteiger partial charge is 0.0305 e. The SMILES string of the molecule is CC(C)C/C=C/Cc1ccc(C2=CC=C(Cl)CC2)s1. The molecular formula is C17H21ClS. The first-order chi connectivity index (χ1) is 9.15. The van der Waals surface area contributed by atoms with E-state index in [1.807, 2.05) is 17.4 Å². The molecule has 0 bridgehead atoms. The lowest BCUT2D eigenvalue weighted by molar-refractivity contribution is 0.663. The van der Waals surface area contributed by atoms with Gasteiger partial charge in [-0.3, -0.25) is 0 Å². The summed E-state index contributed by atoms with van der Waals surface area (Å²) in [6, 6.07) is 4.50. The van der Waals surface area contributed by atoms with Gasteiger partial charge in [-0.2, -0.15) is 0 Å². The Labute approximate surface area is 125 Å². The highest BCUT2D eigenvalue weighted by Crippen LogP contribution is 2.32. The van der Waals surface area contributed by atoms with E-state index >= 15 is 0 Å². The van der Waals surface area contributed by atoms with E-state index in [0.717, 1.165) is 30.2 Å². The van der Waals surface area contributed by atoms with E-state index in [1.54, 1.807) is 0 Å². The van der Waals surface area contributed by atoms with Gasteiger partial charge in [-0.25, -0.2) is 0 Å². The number of thiophene rings is 1. The monoisotopic (exact) mass is 292 g/mol. The third-order valence-corrected chi connectivity index (χ3v) is 4.67. The van der Waals surface area contributed by atoms with Crippen molar-refractivity contribution in [2.75, 3.05) is 0 Å². The topological polar surface area (TPSA) is 0 Å². The molecule has 0 radical (unpaired) electrons. The van der Waals surface area contributed by atoms with E-state index < -0.39 is 0 Å². The van der Waals surface area contributed by atoms with Crippen LogP contribution in [0.3, 0.4) is 0 Å². The van der Waals surface area contributed by atoms with Crippen LogP contribution in [0.5, 0.6) is 0 Å². The van der Waals surface area contributed by atoms with Gasteiger partial charge in [0.25, 0.3) is 0 Å². The Kier molecular flexibility index (Phi) is 5.47. The van der Waals surface area contributed by atoms with Gasteiger partial charge in [-0.05, 0) is 55.4 Å². The molecule has 0 saturated carbocycles. The Morgan fingerprint density at radius 3 is 2.74 bits per heavy atom. The van der Waals surface area contributed by atoms with Gasteiger partial charge in [0.2, 0.25) is 0 Å². The fourth-order valence-corrected chi connectivity index (χ4v) is 3.24. The van der Waals surface area contributed by atoms with Crippen LogP contribution >= 0.6 is 22.9 Å². The van der Waals surface area contributed by atoms with Crippen LogP contribution in [0.2, 0.25) is 0 Å². The first-order valence-corrected chi connectivity index (χ1v) is 8.14. The summed E-state index contributed by atoms with van der Waals surface area (Å²) in [6.45, 7) is 4.50. The standard InChI is InChI=1S/C17H21ClS/c1-13(2)5-3-4-6-16-11-12-17(19-16)14-7-9-15(18)10-8-14/h3-4,7,9,11-13H,5-6,8,10H2,1-2H3/b4-3+. The first-order valence-electron chi connectivity index (χ1n) is 6.94. The molecule has 0 nitrogen and oxygen atoms in total. The van der Waals surface area contributed by atoms with Crippen molar-refractivity contribution < 1.29 is 0 Å². The average Bonchev–Trinajstić information content (AvgIpc) is 2.84. The molecule has 0 amide bonds. The number of allylic oxidation sites excluding steroid dienone is 6. The van der Waals surface area contributed by atoms with Gasteiger partial charge in [0.05, 0.1) is 0 Å². The lowest BCUT2D eigenvalue weighted by Gasteiger charge is -2.08. The second-order valence-electron chi connectivity index (χ2n) is 5.38. The van der Waals surface area contributed by atoms with Crippen LogP contribution in [0, 0.1) is 5.92 Å². The maximum Gasteiger partial charge on any atom is 0.0305 e. The lowest BCUT2D eigenvalue weighted by atomic mass is 10.0. The van der Waals surface area contributed by atoms with Crippen LogP contribution in [-0.2, 0) is 6.42 Å². The van der Waals surface area contributed by atoms with Gasteiger partial charge in [-0.1, -0.05) is 43.7 Å². The summed E-state index contributed by atoms with van der Waals surface area (Å²) >= 11 is 7.90. The van der Waals surface area contributed by atoms with Gasteiger partial charge in [0.1, 0.15) is 0 Å². The molecule has 1 aliphatic carbocycles. The Morgan fingerprint density at radius 1 is 1.21 bits per heavy atom. The second-order valence-corrected chi connectivity index (χ2v) is 7.03. The zero-order chi connectivity index (χ0) is 13.7. The van der Waals surface area contributed by atoms with Gasteiger partial charge in [-0.15, -0.1) is 11.3 Å². The van der Waals surface area contributed by atoms with E-state index in [2.05, 4.69) is 44.2 Å². The van der Waals surface area contributed by atoms with Crippen molar-refractivity contribution in [2.24, 2.45) is 5.92 Å². The summed E-state index contributed by atoms with van der Waals surface area (Å²) in [6.07, 6.45) is 13.1. The molecule has 19 heavy (non-hydrogen) atoms. The van der Waals surface area contributed by atoms with Crippen molar-refractivity contribution in [1.82, 2.24) is 0 Å². The summed E-state index contributed by atoms with van der Waals surface area (Å²) in [4.78, 5) is 2.84. The molecule has 0 aromatic carbocycles. The van der Waals surface area contributed by atoms with Gasteiger partial charge >= 0.3 is 0 Å². The largest absolute Gasteiger partial charge is 0.140 e. The summed E-state index contributed by atoms with van der Waals surface area (Å²) in [5.41, 5.74) is 1.42. The molecule has 0 spiro atoms. The molecule has 1 aliphatic rings. The lowest BCUT2D eigenvalue weighted by Crippen LogP contribution is -1.86. The highest BCUT2D eigenvalue weighted by atomic mass is 35.5. The van der Waals surface area contributed by atoms with Crippen LogP contribution in [0.1, 0.15) is 42.9 Å². The number of rotatable bonds is 5. The van der Waals surface area contributed by atoms with Crippen LogP contribution in [0.25, 0.3) is 5.57 Å². The normalized spacial score (nSPS) is 16.0. The fraction of sp³-hybridized carbons (Fsp3) is 0.412. The number of hydrogen-bond donors (Lipinski definition) is 0. The van der Waals surface area contributed by atoms with E-state index in [-0.39, 0.29) is 0 Å². The van der Waals surface area contributed by atoms with Crippen LogP contribution in [0.15, 0.2) is 41.5 Å². The van der Waals surface area contributed by atoms with E-state index in [9.17, 15) is 0 Å². The predicted octanol–water partition coefficient (Wildman–Crippen LogP) is 6.19. The minimum Gasteiger partial charge on any atom is -0.140 e. The quantitative estimate of drug-likeness (QED) is 0.567. The zero-order valence-electron chi connectivity index (χ0n) is 11.7. The number of halogens is 1. The fourth-order valence-electron chi connectivity index (χ4n) is 2.05. The molecule has 0 fully saturated rings. The molecule has 0 atom stereocenters. The summed E-state index contributed by atoms with van der Waals surface area (Å²) < 4.78 is 0. The van der Waals surface area contributed by atoms with E-state index in [4.69, 9.17) is 11.6 Å². The molecule has 0 N–H and O–H groups in total. The molecule has 2 heteroatoms. The summed E-state index contributed by atoms with van der Waals surface area (Å²) in [5.74, 6) is 0.749. The molecule has 102 valence electrons. The molecule has 2 rings (SSSR count).